The Morgan fingerprint density at radius 1 is 1.32 bits per heavy atom. The van der Waals surface area contributed by atoms with Crippen molar-refractivity contribution in [3.8, 4) is 22.8 Å². The van der Waals surface area contributed by atoms with E-state index in [4.69, 9.17) is 10.3 Å². The average Bonchev–Trinajstić information content (AvgIpc) is 3.01. The van der Waals surface area contributed by atoms with Crippen molar-refractivity contribution in [2.24, 2.45) is 7.05 Å². The highest BCUT2D eigenvalue weighted by Crippen LogP contribution is 2.24. The zero-order valence-corrected chi connectivity index (χ0v) is 10.0. The van der Waals surface area contributed by atoms with Crippen molar-refractivity contribution in [3.05, 3.63) is 36.4 Å². The number of hydrogen-bond acceptors (Lipinski definition) is 5. The Hall–Kier alpha value is -2.70. The minimum Gasteiger partial charge on any atom is -0.396 e. The van der Waals surface area contributed by atoms with E-state index < -0.39 is 5.82 Å². The number of halogens is 1. The number of rotatable bonds is 2. The lowest BCUT2D eigenvalue weighted by Crippen LogP contribution is -1.90. The molecule has 2 heterocycles. The predicted molar refractivity (Wildman–Crippen MR) is 66.3 cm³/mol. The van der Waals surface area contributed by atoms with Gasteiger partial charge in [0, 0.05) is 18.8 Å². The van der Waals surface area contributed by atoms with Crippen molar-refractivity contribution < 1.29 is 8.91 Å². The van der Waals surface area contributed by atoms with E-state index >= 15 is 0 Å². The van der Waals surface area contributed by atoms with Crippen LogP contribution in [0.1, 0.15) is 0 Å². The number of nitrogens with zero attached hydrogens (tertiary/aromatic N) is 4. The van der Waals surface area contributed by atoms with E-state index in [9.17, 15) is 4.39 Å². The van der Waals surface area contributed by atoms with Gasteiger partial charge in [0.15, 0.2) is 0 Å². The third-order valence-corrected chi connectivity index (χ3v) is 2.64. The van der Waals surface area contributed by atoms with Crippen LogP contribution in [0.25, 0.3) is 22.8 Å². The Morgan fingerprint density at radius 3 is 2.84 bits per heavy atom. The summed E-state index contributed by atoms with van der Waals surface area (Å²) in [7, 11) is 1.79. The van der Waals surface area contributed by atoms with Gasteiger partial charge in [-0.1, -0.05) is 5.16 Å². The van der Waals surface area contributed by atoms with E-state index in [-0.39, 0.29) is 11.6 Å². The monoisotopic (exact) mass is 259 g/mol. The van der Waals surface area contributed by atoms with Gasteiger partial charge in [-0.05, 0) is 18.2 Å². The molecule has 2 aromatic heterocycles. The first-order valence-corrected chi connectivity index (χ1v) is 5.51. The van der Waals surface area contributed by atoms with E-state index in [1.807, 2.05) is 0 Å². The second-order valence-electron chi connectivity index (χ2n) is 4.06. The van der Waals surface area contributed by atoms with Crippen molar-refractivity contribution in [1.82, 2.24) is 19.9 Å². The van der Waals surface area contributed by atoms with Gasteiger partial charge < -0.3 is 10.3 Å². The zero-order chi connectivity index (χ0) is 13.4. The quantitative estimate of drug-likeness (QED) is 0.710. The molecule has 0 radical (unpaired) electrons. The SMILES string of the molecule is Cn1cc(-c2noc(-c3ccc(N)c(F)c3)n2)cn1. The van der Waals surface area contributed by atoms with Crippen LogP contribution in [0.3, 0.4) is 0 Å². The molecule has 3 aromatic rings. The second kappa shape index (κ2) is 4.20. The molecule has 96 valence electrons. The predicted octanol–water partition coefficient (Wildman–Crippen LogP) is 1.86. The summed E-state index contributed by atoms with van der Waals surface area (Å²) in [6.07, 6.45) is 3.39. The summed E-state index contributed by atoms with van der Waals surface area (Å²) in [6, 6.07) is 4.34. The van der Waals surface area contributed by atoms with Crippen LogP contribution < -0.4 is 5.73 Å². The van der Waals surface area contributed by atoms with Gasteiger partial charge in [0.25, 0.3) is 5.89 Å². The molecule has 0 spiro atoms. The fourth-order valence-corrected chi connectivity index (χ4v) is 1.65. The Balaban J connectivity index is 1.98. The van der Waals surface area contributed by atoms with Gasteiger partial charge in [-0.2, -0.15) is 10.1 Å². The number of aryl methyl sites for hydroxylation is 1. The van der Waals surface area contributed by atoms with Crippen LogP contribution in [0.4, 0.5) is 10.1 Å². The fourth-order valence-electron chi connectivity index (χ4n) is 1.65. The van der Waals surface area contributed by atoms with Crippen LogP contribution in [-0.2, 0) is 7.05 Å². The highest BCUT2D eigenvalue weighted by Gasteiger charge is 2.13. The molecule has 0 saturated heterocycles. The van der Waals surface area contributed by atoms with E-state index in [1.54, 1.807) is 30.2 Å². The highest BCUT2D eigenvalue weighted by molar-refractivity contribution is 5.61. The molecule has 0 aliphatic heterocycles. The Kier molecular flexibility index (Phi) is 2.52. The number of benzene rings is 1. The molecule has 6 nitrogen and oxygen atoms in total. The lowest BCUT2D eigenvalue weighted by molar-refractivity contribution is 0.432. The number of anilines is 1. The van der Waals surface area contributed by atoms with Gasteiger partial charge in [-0.15, -0.1) is 0 Å². The molecule has 0 aliphatic carbocycles. The standard InChI is InChI=1S/C12H10FN5O/c1-18-6-8(5-15-18)11-16-12(19-17-11)7-2-3-10(14)9(13)4-7/h2-6H,14H2,1H3. The van der Waals surface area contributed by atoms with Crippen LogP contribution in [0, 0.1) is 5.82 Å². The molecule has 0 bridgehead atoms. The van der Waals surface area contributed by atoms with E-state index in [2.05, 4.69) is 15.2 Å². The van der Waals surface area contributed by atoms with Gasteiger partial charge >= 0.3 is 0 Å². The fraction of sp³-hybridized carbons (Fsp3) is 0.0833. The minimum absolute atomic E-state index is 0.0794. The maximum absolute atomic E-state index is 13.4. The number of hydrogen-bond donors (Lipinski definition) is 1. The smallest absolute Gasteiger partial charge is 0.258 e. The lowest BCUT2D eigenvalue weighted by Gasteiger charge is -1.97. The molecule has 3 rings (SSSR count). The number of nitrogens with two attached hydrogens (primary N) is 1. The van der Waals surface area contributed by atoms with Crippen molar-refractivity contribution in [2.45, 2.75) is 0 Å². The molecule has 0 atom stereocenters. The van der Waals surface area contributed by atoms with Crippen molar-refractivity contribution in [3.63, 3.8) is 0 Å². The molecule has 7 heteroatoms. The molecule has 0 aliphatic rings. The molecule has 2 N–H and O–H groups in total. The van der Waals surface area contributed by atoms with Crippen molar-refractivity contribution >= 4 is 5.69 Å². The molecule has 1 aromatic carbocycles. The largest absolute Gasteiger partial charge is 0.396 e. The molecule has 0 saturated carbocycles. The highest BCUT2D eigenvalue weighted by atomic mass is 19.1. The Labute approximate surface area is 107 Å². The van der Waals surface area contributed by atoms with E-state index in [0.717, 1.165) is 5.56 Å². The molecule has 19 heavy (non-hydrogen) atoms. The second-order valence-corrected chi connectivity index (χ2v) is 4.06. The average molecular weight is 259 g/mol. The zero-order valence-electron chi connectivity index (χ0n) is 10.0. The van der Waals surface area contributed by atoms with Crippen LogP contribution in [0.2, 0.25) is 0 Å². The summed E-state index contributed by atoms with van der Waals surface area (Å²) in [6.45, 7) is 0. The Bertz CT molecular complexity index is 733. The summed E-state index contributed by atoms with van der Waals surface area (Å²) in [5.41, 5.74) is 6.70. The topological polar surface area (TPSA) is 82.8 Å². The molecule has 0 fully saturated rings. The first-order valence-electron chi connectivity index (χ1n) is 5.51. The normalized spacial score (nSPS) is 10.8. The summed E-state index contributed by atoms with van der Waals surface area (Å²) in [5, 5.41) is 7.85. The number of nitrogen functional groups attached to an aromatic ring is 1. The third kappa shape index (κ3) is 2.05. The lowest BCUT2D eigenvalue weighted by atomic mass is 10.2. The van der Waals surface area contributed by atoms with Crippen LogP contribution in [0.5, 0.6) is 0 Å². The van der Waals surface area contributed by atoms with Crippen molar-refractivity contribution in [2.75, 3.05) is 5.73 Å². The molecular formula is C12H10FN5O. The minimum atomic E-state index is -0.515. The number of aromatic nitrogens is 4. The van der Waals surface area contributed by atoms with Gasteiger partial charge in [-0.3, -0.25) is 4.68 Å². The molecular weight excluding hydrogens is 249 g/mol. The van der Waals surface area contributed by atoms with Gasteiger partial charge in [0.05, 0.1) is 17.4 Å². The van der Waals surface area contributed by atoms with Crippen LogP contribution >= 0.6 is 0 Å². The summed E-state index contributed by atoms with van der Waals surface area (Å²) in [4.78, 5) is 4.20. The van der Waals surface area contributed by atoms with E-state index in [1.165, 1.54) is 12.1 Å². The summed E-state index contributed by atoms with van der Waals surface area (Å²) < 4.78 is 20.1. The maximum Gasteiger partial charge on any atom is 0.258 e. The summed E-state index contributed by atoms with van der Waals surface area (Å²) >= 11 is 0. The molecule has 0 unspecified atom stereocenters. The van der Waals surface area contributed by atoms with E-state index in [0.29, 0.717) is 11.4 Å². The first kappa shape index (κ1) is 11.4. The third-order valence-electron chi connectivity index (χ3n) is 2.64. The van der Waals surface area contributed by atoms with Gasteiger partial charge in [-0.25, -0.2) is 4.39 Å². The van der Waals surface area contributed by atoms with Crippen LogP contribution in [0.15, 0.2) is 35.1 Å². The van der Waals surface area contributed by atoms with Gasteiger partial charge in [0.1, 0.15) is 5.82 Å². The summed E-state index contributed by atoms with van der Waals surface area (Å²) in [5.74, 6) is 0.122. The Morgan fingerprint density at radius 2 is 2.16 bits per heavy atom. The molecule has 0 amide bonds. The van der Waals surface area contributed by atoms with Crippen molar-refractivity contribution in [1.29, 1.82) is 0 Å². The van der Waals surface area contributed by atoms with Crippen LogP contribution in [-0.4, -0.2) is 19.9 Å². The van der Waals surface area contributed by atoms with Gasteiger partial charge in [0.2, 0.25) is 5.82 Å². The maximum atomic E-state index is 13.4. The first-order chi connectivity index (χ1) is 9.13.